The molecular weight excluding hydrogens is 247 g/mol. The number of rotatable bonds is 11. The van der Waals surface area contributed by atoms with Gasteiger partial charge in [0.2, 0.25) is 0 Å². The molecule has 0 aromatic heterocycles. The van der Waals surface area contributed by atoms with E-state index < -0.39 is 10.1 Å². The molecule has 0 atom stereocenters. The molecule has 0 rings (SSSR count). The SMILES string of the molecule is CCCCCCCCCCCCS(=O)(=O)[O-].[Na+]. The first-order chi connectivity index (χ1) is 7.56. The largest absolute Gasteiger partial charge is 1.00 e. The zero-order valence-electron chi connectivity index (χ0n) is 11.4. The Morgan fingerprint density at radius 1 is 0.765 bits per heavy atom. The molecule has 0 bridgehead atoms. The average Bonchev–Trinajstić information content (AvgIpc) is 2.19. The molecule has 98 valence electrons. The smallest absolute Gasteiger partial charge is 0.748 e. The molecule has 0 spiro atoms. The first kappa shape index (κ1) is 20.2. The van der Waals surface area contributed by atoms with Gasteiger partial charge in [-0.25, -0.2) is 8.42 Å². The molecule has 0 N–H and O–H groups in total. The summed E-state index contributed by atoms with van der Waals surface area (Å²) in [6, 6.07) is 0. The van der Waals surface area contributed by atoms with Crippen LogP contribution in [0.25, 0.3) is 0 Å². The summed E-state index contributed by atoms with van der Waals surface area (Å²) >= 11 is 0. The van der Waals surface area contributed by atoms with Crippen LogP contribution in [0.4, 0.5) is 0 Å². The van der Waals surface area contributed by atoms with E-state index in [1.807, 2.05) is 0 Å². The molecule has 0 radical (unpaired) electrons. The van der Waals surface area contributed by atoms with E-state index in [0.29, 0.717) is 6.42 Å². The van der Waals surface area contributed by atoms with Crippen LogP contribution in [0.5, 0.6) is 0 Å². The van der Waals surface area contributed by atoms with Crippen LogP contribution in [-0.2, 0) is 10.1 Å². The second-order valence-electron chi connectivity index (χ2n) is 4.44. The molecule has 17 heavy (non-hydrogen) atoms. The van der Waals surface area contributed by atoms with Gasteiger partial charge in [0.25, 0.3) is 0 Å². The van der Waals surface area contributed by atoms with Crippen molar-refractivity contribution in [3.63, 3.8) is 0 Å². The molecule has 0 saturated heterocycles. The topological polar surface area (TPSA) is 57.2 Å². The third-order valence-corrected chi connectivity index (χ3v) is 3.54. The average molecular weight is 272 g/mol. The molecule has 0 aliphatic rings. The minimum atomic E-state index is -3.98. The van der Waals surface area contributed by atoms with Crippen LogP contribution in [0.3, 0.4) is 0 Å². The van der Waals surface area contributed by atoms with Crippen molar-refractivity contribution in [3.8, 4) is 0 Å². The Balaban J connectivity index is 0. The van der Waals surface area contributed by atoms with E-state index in [2.05, 4.69) is 6.92 Å². The molecule has 0 fully saturated rings. The summed E-state index contributed by atoms with van der Waals surface area (Å²) in [4.78, 5) is 0. The minimum absolute atomic E-state index is 0. The third kappa shape index (κ3) is 19.4. The Morgan fingerprint density at radius 2 is 1.12 bits per heavy atom. The molecule has 0 aliphatic carbocycles. The van der Waals surface area contributed by atoms with Crippen LogP contribution in [0, 0.1) is 0 Å². The van der Waals surface area contributed by atoms with E-state index in [1.54, 1.807) is 0 Å². The maximum Gasteiger partial charge on any atom is 1.00 e. The first-order valence-electron chi connectivity index (χ1n) is 6.50. The molecule has 0 unspecified atom stereocenters. The van der Waals surface area contributed by atoms with E-state index >= 15 is 0 Å². The van der Waals surface area contributed by atoms with E-state index in [0.717, 1.165) is 12.8 Å². The maximum absolute atomic E-state index is 10.3. The van der Waals surface area contributed by atoms with Gasteiger partial charge in [-0.15, -0.1) is 0 Å². The van der Waals surface area contributed by atoms with Crippen LogP contribution in [0.1, 0.15) is 71.1 Å². The van der Waals surface area contributed by atoms with Crippen LogP contribution in [0.15, 0.2) is 0 Å². The zero-order chi connectivity index (χ0) is 12.3. The third-order valence-electron chi connectivity index (χ3n) is 2.75. The molecule has 0 aliphatic heterocycles. The van der Waals surface area contributed by atoms with E-state index in [-0.39, 0.29) is 35.3 Å². The molecule has 0 amide bonds. The van der Waals surface area contributed by atoms with Crippen molar-refractivity contribution < 1.29 is 42.5 Å². The van der Waals surface area contributed by atoms with Gasteiger partial charge in [0.1, 0.15) is 0 Å². The Bertz CT molecular complexity index is 240. The Hall–Kier alpha value is 0.910. The molecular formula is C12H25NaO3S. The fraction of sp³-hybridized carbons (Fsp3) is 1.00. The first-order valence-corrected chi connectivity index (χ1v) is 8.07. The van der Waals surface area contributed by atoms with E-state index in [4.69, 9.17) is 0 Å². The normalized spacial score (nSPS) is 11.2. The standard InChI is InChI=1S/C12H26O3S.Na/c1-2-3-4-5-6-7-8-9-10-11-12-16(13,14)15;/h2-12H2,1H3,(H,13,14,15);/q;+1/p-1. The van der Waals surface area contributed by atoms with Crippen LogP contribution < -0.4 is 29.6 Å². The van der Waals surface area contributed by atoms with Gasteiger partial charge in [0, 0.05) is 5.75 Å². The van der Waals surface area contributed by atoms with Crippen LogP contribution in [0.2, 0.25) is 0 Å². The molecule has 0 aromatic carbocycles. The summed E-state index contributed by atoms with van der Waals surface area (Å²) in [5, 5.41) is 0. The number of hydrogen-bond acceptors (Lipinski definition) is 3. The predicted molar refractivity (Wildman–Crippen MR) is 66.4 cm³/mol. The Morgan fingerprint density at radius 3 is 1.47 bits per heavy atom. The van der Waals surface area contributed by atoms with Gasteiger partial charge in [-0.2, -0.15) is 0 Å². The summed E-state index contributed by atoms with van der Waals surface area (Å²) in [5.41, 5.74) is 0. The van der Waals surface area contributed by atoms with E-state index in [1.165, 1.54) is 44.9 Å². The number of unbranched alkanes of at least 4 members (excludes halogenated alkanes) is 9. The summed E-state index contributed by atoms with van der Waals surface area (Å²) in [5.74, 6) is -0.191. The van der Waals surface area contributed by atoms with E-state index in [9.17, 15) is 13.0 Å². The monoisotopic (exact) mass is 272 g/mol. The second kappa shape index (κ2) is 13.3. The molecule has 0 saturated carbocycles. The quantitative estimate of drug-likeness (QED) is 0.312. The van der Waals surface area contributed by atoms with Crippen molar-refractivity contribution in [2.75, 3.05) is 5.75 Å². The van der Waals surface area contributed by atoms with Crippen LogP contribution >= 0.6 is 0 Å². The fourth-order valence-electron chi connectivity index (χ4n) is 1.77. The summed E-state index contributed by atoms with van der Waals surface area (Å²) in [6.07, 6.45) is 11.4. The molecule has 3 nitrogen and oxygen atoms in total. The summed E-state index contributed by atoms with van der Waals surface area (Å²) < 4.78 is 30.9. The van der Waals surface area contributed by atoms with Gasteiger partial charge < -0.3 is 4.55 Å². The molecule has 0 heterocycles. The Kier molecular flexibility index (Phi) is 15.9. The van der Waals surface area contributed by atoms with Crippen molar-refractivity contribution >= 4 is 10.1 Å². The zero-order valence-corrected chi connectivity index (χ0v) is 14.2. The van der Waals surface area contributed by atoms with Crippen molar-refractivity contribution in [3.05, 3.63) is 0 Å². The van der Waals surface area contributed by atoms with Crippen LogP contribution in [-0.4, -0.2) is 18.7 Å². The van der Waals surface area contributed by atoms with Gasteiger partial charge in [-0.1, -0.05) is 64.7 Å². The molecule has 0 aromatic rings. The van der Waals surface area contributed by atoms with Gasteiger partial charge in [-0.3, -0.25) is 0 Å². The van der Waals surface area contributed by atoms with Crippen molar-refractivity contribution in [1.29, 1.82) is 0 Å². The van der Waals surface area contributed by atoms with Gasteiger partial charge in [0.15, 0.2) is 0 Å². The second-order valence-corrected chi connectivity index (χ2v) is 5.97. The Labute approximate surface area is 129 Å². The van der Waals surface area contributed by atoms with Crippen molar-refractivity contribution in [2.45, 2.75) is 71.1 Å². The predicted octanol–water partition coefficient (Wildman–Crippen LogP) is 0.457. The summed E-state index contributed by atoms with van der Waals surface area (Å²) in [6.45, 7) is 2.21. The maximum atomic E-state index is 10.3. The van der Waals surface area contributed by atoms with Gasteiger partial charge >= 0.3 is 29.6 Å². The van der Waals surface area contributed by atoms with Crippen molar-refractivity contribution in [2.24, 2.45) is 0 Å². The summed E-state index contributed by atoms with van der Waals surface area (Å²) in [7, 11) is -3.98. The van der Waals surface area contributed by atoms with Gasteiger partial charge in [0.05, 0.1) is 10.1 Å². The molecule has 5 heteroatoms. The van der Waals surface area contributed by atoms with Crippen molar-refractivity contribution in [1.82, 2.24) is 0 Å². The fourth-order valence-corrected chi connectivity index (χ4v) is 2.32. The minimum Gasteiger partial charge on any atom is -0.748 e. The van der Waals surface area contributed by atoms with Gasteiger partial charge in [-0.05, 0) is 6.42 Å². The number of hydrogen-bond donors (Lipinski definition) is 0.